The molecule has 0 amide bonds. The number of aryl methyl sites for hydroxylation is 1. The largest absolute Gasteiger partial charge is 0.355 e. The van der Waals surface area contributed by atoms with E-state index >= 15 is 0 Å². The third kappa shape index (κ3) is 4.23. The van der Waals surface area contributed by atoms with E-state index in [-0.39, 0.29) is 4.90 Å². The molecule has 29 heavy (non-hydrogen) atoms. The van der Waals surface area contributed by atoms with Gasteiger partial charge in [-0.25, -0.2) is 23.1 Å². The topological polar surface area (TPSA) is 106 Å². The van der Waals surface area contributed by atoms with E-state index in [0.717, 1.165) is 48.4 Å². The van der Waals surface area contributed by atoms with Crippen molar-refractivity contribution >= 4 is 33.0 Å². The van der Waals surface area contributed by atoms with Crippen LogP contribution in [0.2, 0.25) is 5.15 Å². The van der Waals surface area contributed by atoms with Gasteiger partial charge in [0.25, 0.3) is 0 Å². The second-order valence-electron chi connectivity index (χ2n) is 7.33. The third-order valence-corrected chi connectivity index (χ3v) is 6.52. The van der Waals surface area contributed by atoms with Gasteiger partial charge in [-0.3, -0.25) is 0 Å². The Morgan fingerprint density at radius 3 is 2.59 bits per heavy atom. The number of aromatic nitrogens is 3. The Balaban J connectivity index is 1.37. The minimum Gasteiger partial charge on any atom is -0.355 e. The van der Waals surface area contributed by atoms with E-state index in [0.29, 0.717) is 17.7 Å². The molecule has 3 heterocycles. The van der Waals surface area contributed by atoms with Gasteiger partial charge >= 0.3 is 0 Å². The second kappa shape index (κ2) is 7.91. The molecule has 0 saturated carbocycles. The van der Waals surface area contributed by atoms with Crippen molar-refractivity contribution in [3.8, 4) is 0 Å². The van der Waals surface area contributed by atoms with Crippen LogP contribution in [0.25, 0.3) is 5.52 Å². The fourth-order valence-electron chi connectivity index (χ4n) is 3.75. The number of nitrogens with two attached hydrogens (primary N) is 1. The molecule has 1 aromatic carbocycles. The molecule has 154 valence electrons. The Kier molecular flexibility index (Phi) is 5.48. The first-order valence-corrected chi connectivity index (χ1v) is 11.3. The lowest BCUT2D eigenvalue weighted by atomic mass is 10.0. The molecule has 1 fully saturated rings. The van der Waals surface area contributed by atoms with E-state index in [1.54, 1.807) is 35.1 Å². The van der Waals surface area contributed by atoms with E-state index in [4.69, 9.17) is 16.7 Å². The highest BCUT2D eigenvalue weighted by atomic mass is 35.5. The first kappa shape index (κ1) is 20.1. The molecular formula is C19H23ClN6O2S. The lowest BCUT2D eigenvalue weighted by Crippen LogP contribution is -2.42. The lowest BCUT2D eigenvalue weighted by molar-refractivity contribution is 0.413. The molecule has 8 nitrogen and oxygen atoms in total. The van der Waals surface area contributed by atoms with Crippen molar-refractivity contribution in [2.24, 2.45) is 5.14 Å². The molecule has 1 aliphatic heterocycles. The standard InChI is InChI=1S/C19H23ClN6O2S/c1-13-10-17(20)26-18(13)19(23-12-24-26)25-8-6-15(7-9-25)22-11-14-2-4-16(5-3-14)29(21,27)28/h2-5,10,12,15,22H,6-9,11H2,1H3,(H2,21,27,28). The zero-order valence-corrected chi connectivity index (χ0v) is 17.6. The lowest BCUT2D eigenvalue weighted by Gasteiger charge is -2.33. The van der Waals surface area contributed by atoms with Crippen molar-refractivity contribution in [1.82, 2.24) is 19.9 Å². The number of fused-ring (bicyclic) bond motifs is 1. The summed E-state index contributed by atoms with van der Waals surface area (Å²) in [5.74, 6) is 0.918. The van der Waals surface area contributed by atoms with Gasteiger partial charge in [0, 0.05) is 25.7 Å². The van der Waals surface area contributed by atoms with Crippen LogP contribution in [-0.2, 0) is 16.6 Å². The fraction of sp³-hybridized carbons (Fsp3) is 0.368. The maximum absolute atomic E-state index is 11.3. The van der Waals surface area contributed by atoms with Crippen LogP contribution in [0.4, 0.5) is 5.82 Å². The van der Waals surface area contributed by atoms with Crippen LogP contribution in [0.15, 0.2) is 41.6 Å². The van der Waals surface area contributed by atoms with Gasteiger partial charge in [-0.15, -0.1) is 0 Å². The molecule has 0 unspecified atom stereocenters. The normalized spacial score (nSPS) is 15.9. The Bertz CT molecular complexity index is 1120. The number of rotatable bonds is 5. The monoisotopic (exact) mass is 434 g/mol. The van der Waals surface area contributed by atoms with Crippen molar-refractivity contribution in [2.45, 2.75) is 37.2 Å². The zero-order valence-electron chi connectivity index (χ0n) is 16.0. The molecule has 1 saturated heterocycles. The summed E-state index contributed by atoms with van der Waals surface area (Å²) in [7, 11) is -3.65. The first-order chi connectivity index (χ1) is 13.8. The number of benzene rings is 1. The van der Waals surface area contributed by atoms with Gasteiger partial charge in [0.1, 0.15) is 17.0 Å². The zero-order chi connectivity index (χ0) is 20.6. The van der Waals surface area contributed by atoms with Crippen LogP contribution in [0, 0.1) is 6.92 Å². The maximum Gasteiger partial charge on any atom is 0.238 e. The summed E-state index contributed by atoms with van der Waals surface area (Å²) in [5.41, 5.74) is 3.04. The molecule has 0 aliphatic carbocycles. The van der Waals surface area contributed by atoms with Crippen molar-refractivity contribution in [3.05, 3.63) is 52.9 Å². The maximum atomic E-state index is 11.3. The van der Waals surface area contributed by atoms with Crippen LogP contribution < -0.4 is 15.4 Å². The number of anilines is 1. The van der Waals surface area contributed by atoms with E-state index < -0.39 is 10.0 Å². The summed E-state index contributed by atoms with van der Waals surface area (Å²) in [6, 6.07) is 8.96. The van der Waals surface area contributed by atoms with Crippen LogP contribution in [0.1, 0.15) is 24.0 Å². The number of nitrogens with one attached hydrogen (secondary N) is 1. The Morgan fingerprint density at radius 1 is 1.24 bits per heavy atom. The predicted molar refractivity (Wildman–Crippen MR) is 113 cm³/mol. The quantitative estimate of drug-likeness (QED) is 0.637. The van der Waals surface area contributed by atoms with Gasteiger partial charge in [0.2, 0.25) is 10.0 Å². The molecule has 1 aliphatic rings. The molecule has 0 radical (unpaired) electrons. The number of piperidine rings is 1. The smallest absolute Gasteiger partial charge is 0.238 e. The average Bonchev–Trinajstić information content (AvgIpc) is 3.00. The summed E-state index contributed by atoms with van der Waals surface area (Å²) >= 11 is 6.25. The SMILES string of the molecule is Cc1cc(Cl)n2ncnc(N3CCC(NCc4ccc(S(N)(=O)=O)cc4)CC3)c12. The molecular weight excluding hydrogens is 412 g/mol. The van der Waals surface area contributed by atoms with Crippen LogP contribution in [-0.4, -0.2) is 42.1 Å². The van der Waals surface area contributed by atoms with Gasteiger partial charge in [-0.2, -0.15) is 5.10 Å². The molecule has 10 heteroatoms. The van der Waals surface area contributed by atoms with Gasteiger partial charge in [-0.05, 0) is 49.1 Å². The van der Waals surface area contributed by atoms with Crippen molar-refractivity contribution in [1.29, 1.82) is 0 Å². The molecule has 0 atom stereocenters. The van der Waals surface area contributed by atoms with E-state index in [2.05, 4.69) is 20.3 Å². The van der Waals surface area contributed by atoms with Gasteiger partial charge in [0.05, 0.1) is 4.90 Å². The average molecular weight is 435 g/mol. The van der Waals surface area contributed by atoms with Crippen LogP contribution in [0.5, 0.6) is 0 Å². The number of hydrogen-bond acceptors (Lipinski definition) is 6. The van der Waals surface area contributed by atoms with Crippen molar-refractivity contribution in [2.75, 3.05) is 18.0 Å². The van der Waals surface area contributed by atoms with Crippen molar-refractivity contribution in [3.63, 3.8) is 0 Å². The van der Waals surface area contributed by atoms with E-state index in [1.165, 1.54) is 0 Å². The summed E-state index contributed by atoms with van der Waals surface area (Å²) in [6.45, 7) is 4.47. The van der Waals surface area contributed by atoms with E-state index in [9.17, 15) is 8.42 Å². The van der Waals surface area contributed by atoms with Gasteiger partial charge in [-0.1, -0.05) is 23.7 Å². The second-order valence-corrected chi connectivity index (χ2v) is 9.27. The molecule has 0 bridgehead atoms. The van der Waals surface area contributed by atoms with Crippen LogP contribution >= 0.6 is 11.6 Å². The number of halogens is 1. The Morgan fingerprint density at radius 2 is 1.93 bits per heavy atom. The molecule has 4 rings (SSSR count). The highest BCUT2D eigenvalue weighted by Gasteiger charge is 2.23. The molecule has 2 aromatic heterocycles. The van der Waals surface area contributed by atoms with Crippen LogP contribution in [0.3, 0.4) is 0 Å². The molecule has 3 aromatic rings. The van der Waals surface area contributed by atoms with Crippen molar-refractivity contribution < 1.29 is 8.42 Å². The number of nitrogens with zero attached hydrogens (tertiary/aromatic N) is 4. The van der Waals surface area contributed by atoms with Gasteiger partial charge < -0.3 is 10.2 Å². The fourth-order valence-corrected chi connectivity index (χ4v) is 4.55. The predicted octanol–water partition coefficient (Wildman–Crippen LogP) is 2.10. The number of hydrogen-bond donors (Lipinski definition) is 2. The highest BCUT2D eigenvalue weighted by molar-refractivity contribution is 7.89. The summed E-state index contributed by atoms with van der Waals surface area (Å²) in [5, 5.41) is 13.5. The van der Waals surface area contributed by atoms with Gasteiger partial charge in [0.15, 0.2) is 5.82 Å². The summed E-state index contributed by atoms with van der Waals surface area (Å²) in [6.07, 6.45) is 3.51. The number of sulfonamides is 1. The Hall–Kier alpha value is -2.20. The molecule has 0 spiro atoms. The highest BCUT2D eigenvalue weighted by Crippen LogP contribution is 2.28. The van der Waals surface area contributed by atoms with E-state index in [1.807, 2.05) is 13.0 Å². The Labute approximate surface area is 174 Å². The minimum atomic E-state index is -3.65. The molecule has 3 N–H and O–H groups in total. The number of primary sulfonamides is 1. The first-order valence-electron chi connectivity index (χ1n) is 9.42. The summed E-state index contributed by atoms with van der Waals surface area (Å²) in [4.78, 5) is 6.92. The third-order valence-electron chi connectivity index (χ3n) is 5.32. The summed E-state index contributed by atoms with van der Waals surface area (Å²) < 4.78 is 24.4. The minimum absolute atomic E-state index is 0.131.